The molecule has 18 aromatic rings. The van der Waals surface area contributed by atoms with Crippen molar-refractivity contribution in [2.24, 2.45) is 0 Å². The summed E-state index contributed by atoms with van der Waals surface area (Å²) in [6, 6.07) is 121. The lowest BCUT2D eigenvalue weighted by Gasteiger charge is -2.13. The van der Waals surface area contributed by atoms with E-state index in [0.717, 1.165) is 133 Å². The Bertz CT molecular complexity index is 5900. The van der Waals surface area contributed by atoms with Gasteiger partial charge in [0.05, 0.1) is 0 Å². The topological polar surface area (TPSA) is 104 Å². The molecule has 460 valence electrons. The van der Waals surface area contributed by atoms with Crippen molar-refractivity contribution in [1.82, 2.24) is 29.9 Å². The maximum absolute atomic E-state index is 6.21. The monoisotopic (exact) mass is 1250 g/mol. The number of benzene rings is 14. The van der Waals surface area contributed by atoms with E-state index in [4.69, 9.17) is 38.7 Å². The van der Waals surface area contributed by atoms with Gasteiger partial charge in [-0.2, -0.15) is 0 Å². The number of rotatable bonds is 12. The third-order valence-corrected chi connectivity index (χ3v) is 18.0. The number of furan rings is 2. The standard InChI is InChI=1S/2C45H29N3O/c1-3-13-30(14-4-1)31-25-27-33(28-26-31)44-46-43(32-15-5-2-6-16-32)47-45(48-44)38-20-8-7-19-36(38)34-17-11-18-35(29-34)37-22-12-24-41-42(37)39-21-9-10-23-40(39)49-41;1-3-12-30(13-4-1)31-22-26-34(27-23-31)43-46-44(48-45(47-43)38-17-8-7-16-36(38)32-14-5-2-6-15-32)35-28-24-33(25-29-35)37-19-11-21-41-42(37)39-18-9-10-20-40(39)49-41/h2*1-29H. The molecule has 98 heavy (non-hydrogen) atoms. The Morgan fingerprint density at radius 2 is 0.398 bits per heavy atom. The van der Waals surface area contributed by atoms with Crippen LogP contribution in [0.25, 0.3) is 179 Å². The minimum atomic E-state index is 0.619. The summed E-state index contributed by atoms with van der Waals surface area (Å²) in [7, 11) is 0. The molecule has 0 unspecified atom stereocenters. The second kappa shape index (κ2) is 25.9. The largest absolute Gasteiger partial charge is 0.456 e. The van der Waals surface area contributed by atoms with Crippen LogP contribution in [0.4, 0.5) is 0 Å². The van der Waals surface area contributed by atoms with Crippen LogP contribution in [0.15, 0.2) is 361 Å². The van der Waals surface area contributed by atoms with Crippen molar-refractivity contribution >= 4 is 43.9 Å². The molecule has 0 aliphatic heterocycles. The minimum Gasteiger partial charge on any atom is -0.456 e. The van der Waals surface area contributed by atoms with Gasteiger partial charge in [0.25, 0.3) is 0 Å². The quantitative estimate of drug-likeness (QED) is 0.119. The number of hydrogen-bond acceptors (Lipinski definition) is 8. The molecule has 0 amide bonds. The van der Waals surface area contributed by atoms with Gasteiger partial charge in [0.15, 0.2) is 34.9 Å². The Morgan fingerprint density at radius 3 is 0.837 bits per heavy atom. The Labute approximate surface area is 566 Å². The molecule has 0 spiro atoms. The van der Waals surface area contributed by atoms with Crippen LogP contribution in [-0.4, -0.2) is 29.9 Å². The van der Waals surface area contributed by atoms with Gasteiger partial charge in [-0.1, -0.05) is 322 Å². The first kappa shape index (κ1) is 58.5. The summed E-state index contributed by atoms with van der Waals surface area (Å²) in [6.07, 6.45) is 0. The number of nitrogens with zero attached hydrogens (tertiary/aromatic N) is 6. The maximum atomic E-state index is 6.21. The molecule has 0 N–H and O–H groups in total. The van der Waals surface area contributed by atoms with Gasteiger partial charge in [0.1, 0.15) is 22.3 Å². The zero-order valence-corrected chi connectivity index (χ0v) is 53.0. The highest BCUT2D eigenvalue weighted by Gasteiger charge is 2.21. The van der Waals surface area contributed by atoms with Crippen molar-refractivity contribution in [3.8, 4) is 135 Å². The van der Waals surface area contributed by atoms with Crippen molar-refractivity contribution in [1.29, 1.82) is 0 Å². The fourth-order valence-corrected chi connectivity index (χ4v) is 13.1. The molecule has 0 saturated carbocycles. The highest BCUT2D eigenvalue weighted by Crippen LogP contribution is 2.42. The average molecular weight is 1260 g/mol. The molecule has 0 fully saturated rings. The molecular weight excluding hydrogens is 1200 g/mol. The van der Waals surface area contributed by atoms with E-state index in [1.54, 1.807) is 0 Å². The molecule has 4 heterocycles. The van der Waals surface area contributed by atoms with Crippen LogP contribution in [-0.2, 0) is 0 Å². The fraction of sp³-hybridized carbons (Fsp3) is 0. The Kier molecular flexibility index (Phi) is 15.5. The third-order valence-electron chi connectivity index (χ3n) is 18.0. The van der Waals surface area contributed by atoms with Gasteiger partial charge in [-0.25, -0.2) is 29.9 Å². The zero-order chi connectivity index (χ0) is 65.1. The van der Waals surface area contributed by atoms with Gasteiger partial charge >= 0.3 is 0 Å². The van der Waals surface area contributed by atoms with Crippen molar-refractivity contribution in [3.05, 3.63) is 352 Å². The van der Waals surface area contributed by atoms with E-state index >= 15 is 0 Å². The van der Waals surface area contributed by atoms with Crippen molar-refractivity contribution in [2.45, 2.75) is 0 Å². The first-order valence-corrected chi connectivity index (χ1v) is 32.7. The highest BCUT2D eigenvalue weighted by molar-refractivity contribution is 6.13. The summed E-state index contributed by atoms with van der Waals surface area (Å²) < 4.78 is 12.4. The van der Waals surface area contributed by atoms with Gasteiger partial charge < -0.3 is 8.83 Å². The van der Waals surface area contributed by atoms with Crippen molar-refractivity contribution in [2.75, 3.05) is 0 Å². The normalized spacial score (nSPS) is 11.3. The van der Waals surface area contributed by atoms with Gasteiger partial charge in [-0.3, -0.25) is 0 Å². The first-order valence-electron chi connectivity index (χ1n) is 32.7. The number of fused-ring (bicyclic) bond motifs is 6. The van der Waals surface area contributed by atoms with E-state index in [1.165, 1.54) is 11.1 Å². The Hall–Kier alpha value is -13.3. The molecule has 4 aromatic heterocycles. The molecule has 8 nitrogen and oxygen atoms in total. The predicted molar refractivity (Wildman–Crippen MR) is 399 cm³/mol. The molecule has 0 radical (unpaired) electrons. The second-order valence-corrected chi connectivity index (χ2v) is 24.0. The number of para-hydroxylation sites is 2. The van der Waals surface area contributed by atoms with Crippen LogP contribution >= 0.6 is 0 Å². The summed E-state index contributed by atoms with van der Waals surface area (Å²) >= 11 is 0. The maximum Gasteiger partial charge on any atom is 0.164 e. The van der Waals surface area contributed by atoms with E-state index in [1.807, 2.05) is 103 Å². The molecule has 0 aliphatic rings. The van der Waals surface area contributed by atoms with Crippen LogP contribution in [0.5, 0.6) is 0 Å². The lowest BCUT2D eigenvalue weighted by molar-refractivity contribution is 0.668. The summed E-state index contributed by atoms with van der Waals surface area (Å²) in [5.74, 6) is 3.76. The fourth-order valence-electron chi connectivity index (χ4n) is 13.1. The number of aromatic nitrogens is 6. The van der Waals surface area contributed by atoms with Gasteiger partial charge in [0, 0.05) is 54.9 Å². The smallest absolute Gasteiger partial charge is 0.164 e. The second-order valence-electron chi connectivity index (χ2n) is 24.0. The first-order chi connectivity index (χ1) is 48.6. The van der Waals surface area contributed by atoms with Crippen molar-refractivity contribution < 1.29 is 8.83 Å². The molecular formula is C90H58N6O2. The van der Waals surface area contributed by atoms with E-state index in [9.17, 15) is 0 Å². The highest BCUT2D eigenvalue weighted by atomic mass is 16.3. The summed E-state index contributed by atoms with van der Waals surface area (Å²) in [5, 5.41) is 4.46. The van der Waals surface area contributed by atoms with E-state index < -0.39 is 0 Å². The SMILES string of the molecule is c1ccc(-c2ccc(-c3nc(-c4ccc(-c5cccc6oc7ccccc7c56)cc4)nc(-c4ccccc4-c4ccccc4)n3)cc2)cc1.c1ccc(-c2ccc(-c3nc(-c4ccccc4)nc(-c4ccccc4-c4cccc(-c5cccc6oc7ccccc7c56)c4)n3)cc2)cc1. The molecule has 0 atom stereocenters. The zero-order valence-electron chi connectivity index (χ0n) is 53.0. The van der Waals surface area contributed by atoms with Gasteiger partial charge in [-0.15, -0.1) is 0 Å². The molecule has 0 saturated heterocycles. The van der Waals surface area contributed by atoms with Gasteiger partial charge in [0.2, 0.25) is 0 Å². The Balaban J connectivity index is 0.000000147. The Morgan fingerprint density at radius 1 is 0.153 bits per heavy atom. The molecule has 0 aliphatic carbocycles. The molecule has 0 bridgehead atoms. The summed E-state index contributed by atoms with van der Waals surface area (Å²) in [4.78, 5) is 30.4. The van der Waals surface area contributed by atoms with Crippen LogP contribution in [0.2, 0.25) is 0 Å². The third kappa shape index (κ3) is 11.5. The average Bonchev–Trinajstić information content (AvgIpc) is 1.51. The van der Waals surface area contributed by atoms with Crippen molar-refractivity contribution in [3.63, 3.8) is 0 Å². The predicted octanol–water partition coefficient (Wildman–Crippen LogP) is 23.5. The summed E-state index contributed by atoms with van der Waals surface area (Å²) in [5.41, 5.74) is 22.5. The number of hydrogen-bond donors (Lipinski definition) is 0. The summed E-state index contributed by atoms with van der Waals surface area (Å²) in [6.45, 7) is 0. The minimum absolute atomic E-state index is 0.619. The van der Waals surface area contributed by atoms with Crippen LogP contribution in [0.3, 0.4) is 0 Å². The van der Waals surface area contributed by atoms with E-state index in [2.05, 4.69) is 249 Å². The lowest BCUT2D eigenvalue weighted by Crippen LogP contribution is -2.01. The van der Waals surface area contributed by atoms with Crippen LogP contribution < -0.4 is 0 Å². The molecule has 8 heteroatoms. The van der Waals surface area contributed by atoms with E-state index in [0.29, 0.717) is 34.9 Å². The van der Waals surface area contributed by atoms with Gasteiger partial charge in [-0.05, 0) is 97.1 Å². The van der Waals surface area contributed by atoms with E-state index in [-0.39, 0.29) is 0 Å². The molecule has 18 rings (SSSR count). The lowest BCUT2D eigenvalue weighted by atomic mass is 9.94. The van der Waals surface area contributed by atoms with Crippen LogP contribution in [0, 0.1) is 0 Å². The molecule has 14 aromatic carbocycles. The van der Waals surface area contributed by atoms with Crippen LogP contribution in [0.1, 0.15) is 0 Å².